The van der Waals surface area contributed by atoms with Gasteiger partial charge in [0.15, 0.2) is 6.23 Å². The molecule has 24 heavy (non-hydrogen) atoms. The first-order valence-corrected chi connectivity index (χ1v) is 8.31. The highest BCUT2D eigenvalue weighted by atomic mass is 16.5. The van der Waals surface area contributed by atoms with Gasteiger partial charge in [0, 0.05) is 6.54 Å². The Bertz CT molecular complexity index is 666. The molecule has 4 nitrogen and oxygen atoms in total. The Morgan fingerprint density at radius 2 is 1.71 bits per heavy atom. The van der Waals surface area contributed by atoms with Crippen LogP contribution >= 0.6 is 0 Å². The minimum absolute atomic E-state index is 0.245. The molecule has 1 unspecified atom stereocenters. The second-order valence-corrected chi connectivity index (χ2v) is 6.27. The Morgan fingerprint density at radius 3 is 2.38 bits per heavy atom. The van der Waals surface area contributed by atoms with E-state index in [-0.39, 0.29) is 6.03 Å². The minimum atomic E-state index is -0.414. The normalized spacial score (nSPS) is 11.9. The molecule has 0 heterocycles. The Hall–Kier alpha value is -2.49. The van der Waals surface area contributed by atoms with Crippen LogP contribution in [0.15, 0.2) is 48.5 Å². The Labute approximate surface area is 144 Å². The van der Waals surface area contributed by atoms with Gasteiger partial charge >= 0.3 is 6.03 Å². The molecule has 0 aliphatic rings. The van der Waals surface area contributed by atoms with Gasteiger partial charge in [-0.3, -0.25) is 0 Å². The van der Waals surface area contributed by atoms with E-state index in [4.69, 9.17) is 4.74 Å². The summed E-state index contributed by atoms with van der Waals surface area (Å²) in [6.45, 7) is 8.59. The number of hydrogen-bond acceptors (Lipinski definition) is 2. The van der Waals surface area contributed by atoms with E-state index < -0.39 is 6.23 Å². The number of amides is 2. The fourth-order valence-electron chi connectivity index (χ4n) is 2.41. The SMILES string of the molecule is Cc1ccc(CNC(=O)NC(C)Oc2ccccc2C(C)C)cc1. The van der Waals surface area contributed by atoms with Gasteiger partial charge in [0.1, 0.15) is 5.75 Å². The minimum Gasteiger partial charge on any atom is -0.471 e. The van der Waals surface area contributed by atoms with Crippen LogP contribution in [-0.4, -0.2) is 12.3 Å². The van der Waals surface area contributed by atoms with Crippen LogP contribution in [0.1, 0.15) is 43.4 Å². The molecule has 128 valence electrons. The summed E-state index contributed by atoms with van der Waals surface area (Å²) in [7, 11) is 0. The fraction of sp³-hybridized carbons (Fsp3) is 0.350. The first kappa shape index (κ1) is 17.9. The van der Waals surface area contributed by atoms with Crippen molar-refractivity contribution in [3.05, 3.63) is 65.2 Å². The number of rotatable bonds is 6. The van der Waals surface area contributed by atoms with Crippen LogP contribution in [0.2, 0.25) is 0 Å². The lowest BCUT2D eigenvalue weighted by Crippen LogP contribution is -2.43. The van der Waals surface area contributed by atoms with E-state index in [0.29, 0.717) is 12.5 Å². The molecule has 0 saturated heterocycles. The Morgan fingerprint density at radius 1 is 1.04 bits per heavy atom. The molecule has 4 heteroatoms. The lowest BCUT2D eigenvalue weighted by Gasteiger charge is -2.20. The van der Waals surface area contributed by atoms with Gasteiger partial charge in [0.2, 0.25) is 0 Å². The standard InChI is InChI=1S/C20H26N2O2/c1-14(2)18-7-5-6-8-19(18)24-16(4)22-20(23)21-13-17-11-9-15(3)10-12-17/h5-12,14,16H,13H2,1-4H3,(H2,21,22,23). The van der Waals surface area contributed by atoms with E-state index in [1.165, 1.54) is 5.56 Å². The molecule has 0 aromatic heterocycles. The molecule has 2 aromatic rings. The summed E-state index contributed by atoms with van der Waals surface area (Å²) >= 11 is 0. The second-order valence-electron chi connectivity index (χ2n) is 6.27. The molecule has 2 aromatic carbocycles. The zero-order valence-electron chi connectivity index (χ0n) is 14.8. The average Bonchev–Trinajstić information content (AvgIpc) is 2.54. The molecule has 2 N–H and O–H groups in total. The van der Waals surface area contributed by atoms with Gasteiger partial charge < -0.3 is 15.4 Å². The number of hydrogen-bond donors (Lipinski definition) is 2. The molecule has 0 radical (unpaired) electrons. The molecule has 0 aliphatic heterocycles. The van der Waals surface area contributed by atoms with Crippen molar-refractivity contribution in [2.24, 2.45) is 0 Å². The van der Waals surface area contributed by atoms with Gasteiger partial charge in [-0.05, 0) is 37.0 Å². The number of aryl methyl sites for hydroxylation is 1. The first-order chi connectivity index (χ1) is 11.5. The third-order valence-corrected chi connectivity index (χ3v) is 3.75. The molecule has 2 rings (SSSR count). The summed E-state index contributed by atoms with van der Waals surface area (Å²) < 4.78 is 5.87. The molecule has 1 atom stereocenters. The van der Waals surface area contributed by atoms with E-state index >= 15 is 0 Å². The van der Waals surface area contributed by atoms with Crippen molar-refractivity contribution in [3.8, 4) is 5.75 Å². The second kappa shape index (κ2) is 8.39. The zero-order valence-corrected chi connectivity index (χ0v) is 14.8. The third-order valence-electron chi connectivity index (χ3n) is 3.75. The molecule has 0 fully saturated rings. The number of carbonyl (C=O) groups excluding carboxylic acids is 1. The van der Waals surface area contributed by atoms with E-state index in [1.54, 1.807) is 0 Å². The number of carbonyl (C=O) groups is 1. The Balaban J connectivity index is 1.84. The van der Waals surface area contributed by atoms with Crippen LogP contribution in [0.3, 0.4) is 0 Å². The van der Waals surface area contributed by atoms with E-state index in [1.807, 2.05) is 62.4 Å². The first-order valence-electron chi connectivity index (χ1n) is 8.31. The van der Waals surface area contributed by atoms with Crippen molar-refractivity contribution in [2.75, 3.05) is 0 Å². The van der Waals surface area contributed by atoms with Crippen molar-refractivity contribution >= 4 is 6.03 Å². The summed E-state index contributed by atoms with van der Waals surface area (Å²) in [6.07, 6.45) is -0.414. The van der Waals surface area contributed by atoms with E-state index in [2.05, 4.69) is 24.5 Å². The van der Waals surface area contributed by atoms with Crippen LogP contribution in [-0.2, 0) is 6.54 Å². The van der Waals surface area contributed by atoms with Crippen molar-refractivity contribution < 1.29 is 9.53 Å². The average molecular weight is 326 g/mol. The van der Waals surface area contributed by atoms with Crippen LogP contribution < -0.4 is 15.4 Å². The highest BCUT2D eigenvalue weighted by molar-refractivity contribution is 5.74. The van der Waals surface area contributed by atoms with Gasteiger partial charge in [-0.25, -0.2) is 4.79 Å². The molecule has 0 saturated carbocycles. The number of para-hydroxylation sites is 1. The highest BCUT2D eigenvalue weighted by Crippen LogP contribution is 2.26. The third kappa shape index (κ3) is 5.30. The summed E-state index contributed by atoms with van der Waals surface area (Å²) in [4.78, 5) is 12.0. The van der Waals surface area contributed by atoms with Crippen LogP contribution in [0.5, 0.6) is 5.75 Å². The number of ether oxygens (including phenoxy) is 1. The van der Waals surface area contributed by atoms with Gasteiger partial charge in [0.05, 0.1) is 0 Å². The van der Waals surface area contributed by atoms with Crippen LogP contribution in [0, 0.1) is 6.92 Å². The lowest BCUT2D eigenvalue weighted by atomic mass is 10.0. The van der Waals surface area contributed by atoms with Crippen LogP contribution in [0.4, 0.5) is 4.79 Å². The molecule has 2 amide bonds. The zero-order chi connectivity index (χ0) is 17.5. The molecule has 0 spiro atoms. The van der Waals surface area contributed by atoms with Crippen LogP contribution in [0.25, 0.3) is 0 Å². The van der Waals surface area contributed by atoms with Gasteiger partial charge in [0.25, 0.3) is 0 Å². The van der Waals surface area contributed by atoms with Gasteiger partial charge in [-0.1, -0.05) is 61.9 Å². The van der Waals surface area contributed by atoms with Gasteiger partial charge in [-0.15, -0.1) is 0 Å². The quantitative estimate of drug-likeness (QED) is 0.776. The van der Waals surface area contributed by atoms with Crippen molar-refractivity contribution in [2.45, 2.75) is 46.4 Å². The maximum atomic E-state index is 12.0. The summed E-state index contributed by atoms with van der Waals surface area (Å²) in [6, 6.07) is 15.7. The largest absolute Gasteiger partial charge is 0.471 e. The summed E-state index contributed by atoms with van der Waals surface area (Å²) in [5, 5.41) is 5.65. The molecule has 0 bridgehead atoms. The topological polar surface area (TPSA) is 50.4 Å². The summed E-state index contributed by atoms with van der Waals surface area (Å²) in [5.74, 6) is 1.17. The van der Waals surface area contributed by atoms with E-state index in [9.17, 15) is 4.79 Å². The number of urea groups is 1. The molecular formula is C20H26N2O2. The highest BCUT2D eigenvalue weighted by Gasteiger charge is 2.12. The predicted octanol–water partition coefficient (Wildman–Crippen LogP) is 4.34. The fourth-order valence-corrected chi connectivity index (χ4v) is 2.41. The van der Waals surface area contributed by atoms with Crippen molar-refractivity contribution in [1.29, 1.82) is 0 Å². The maximum absolute atomic E-state index is 12.0. The maximum Gasteiger partial charge on any atom is 0.317 e. The molecular weight excluding hydrogens is 300 g/mol. The molecule has 0 aliphatic carbocycles. The van der Waals surface area contributed by atoms with Crippen molar-refractivity contribution in [3.63, 3.8) is 0 Å². The monoisotopic (exact) mass is 326 g/mol. The number of nitrogens with one attached hydrogen (secondary N) is 2. The predicted molar refractivity (Wildman–Crippen MR) is 97.2 cm³/mol. The van der Waals surface area contributed by atoms with E-state index in [0.717, 1.165) is 16.9 Å². The summed E-state index contributed by atoms with van der Waals surface area (Å²) in [5.41, 5.74) is 3.40. The lowest BCUT2D eigenvalue weighted by molar-refractivity contribution is 0.175. The van der Waals surface area contributed by atoms with Gasteiger partial charge in [-0.2, -0.15) is 0 Å². The smallest absolute Gasteiger partial charge is 0.317 e. The number of benzene rings is 2. The van der Waals surface area contributed by atoms with Crippen molar-refractivity contribution in [1.82, 2.24) is 10.6 Å². The Kier molecular flexibility index (Phi) is 6.24.